The Bertz CT molecular complexity index is 503. The summed E-state index contributed by atoms with van der Waals surface area (Å²) in [6.07, 6.45) is 3.65. The van der Waals surface area contributed by atoms with E-state index in [1.165, 1.54) is 19.4 Å². The summed E-state index contributed by atoms with van der Waals surface area (Å²) in [5.74, 6) is 0. The van der Waals surface area contributed by atoms with Gasteiger partial charge in [0.25, 0.3) is 5.69 Å². The normalized spacial score (nSPS) is 26.4. The van der Waals surface area contributed by atoms with Gasteiger partial charge in [0.05, 0.1) is 4.92 Å². The zero-order valence-electron chi connectivity index (χ0n) is 11.1. The summed E-state index contributed by atoms with van der Waals surface area (Å²) in [7, 11) is 0. The fraction of sp³-hybridized carbons (Fsp3) is 0.571. The first-order valence-electron chi connectivity index (χ1n) is 6.91. The molecule has 0 bridgehead atoms. The molecule has 0 aromatic heterocycles. The van der Waals surface area contributed by atoms with Crippen LogP contribution >= 0.6 is 0 Å². The van der Waals surface area contributed by atoms with Gasteiger partial charge in [-0.1, -0.05) is 6.07 Å². The van der Waals surface area contributed by atoms with E-state index in [1.807, 2.05) is 12.1 Å². The lowest BCUT2D eigenvalue weighted by atomic mass is 10.1. The minimum Gasteiger partial charge on any atom is -0.380 e. The van der Waals surface area contributed by atoms with Gasteiger partial charge in [0, 0.05) is 35.9 Å². The number of hydrogen-bond donors (Lipinski definition) is 1. The van der Waals surface area contributed by atoms with Gasteiger partial charge in [0.1, 0.15) is 0 Å². The molecule has 5 nitrogen and oxygen atoms in total. The SMILES string of the molecule is Cc1ccc(NC2CCN3CCCC23)cc1[N+](=O)[O-]. The van der Waals surface area contributed by atoms with Gasteiger partial charge >= 0.3 is 0 Å². The van der Waals surface area contributed by atoms with Crippen LogP contribution in [0.5, 0.6) is 0 Å². The Morgan fingerprint density at radius 1 is 1.37 bits per heavy atom. The molecule has 0 radical (unpaired) electrons. The van der Waals surface area contributed by atoms with E-state index in [1.54, 1.807) is 13.0 Å². The minimum atomic E-state index is -0.308. The number of rotatable bonds is 3. The van der Waals surface area contributed by atoms with Gasteiger partial charge < -0.3 is 5.32 Å². The first-order valence-corrected chi connectivity index (χ1v) is 6.91. The quantitative estimate of drug-likeness (QED) is 0.671. The molecule has 2 aliphatic heterocycles. The number of fused-ring (bicyclic) bond motifs is 1. The first-order chi connectivity index (χ1) is 9.15. The topological polar surface area (TPSA) is 58.4 Å². The Labute approximate surface area is 112 Å². The number of nitro groups is 1. The molecular formula is C14H19N3O2. The van der Waals surface area contributed by atoms with Crippen LogP contribution in [0.1, 0.15) is 24.8 Å². The van der Waals surface area contributed by atoms with Gasteiger partial charge in [0.2, 0.25) is 0 Å². The average molecular weight is 261 g/mol. The zero-order valence-corrected chi connectivity index (χ0v) is 11.1. The molecule has 2 aliphatic rings. The Hall–Kier alpha value is -1.62. The van der Waals surface area contributed by atoms with Crippen molar-refractivity contribution in [2.24, 2.45) is 0 Å². The molecule has 2 fully saturated rings. The van der Waals surface area contributed by atoms with Crippen LogP contribution in [0.3, 0.4) is 0 Å². The fourth-order valence-electron chi connectivity index (χ4n) is 3.36. The molecular weight excluding hydrogens is 242 g/mol. The van der Waals surface area contributed by atoms with E-state index >= 15 is 0 Å². The van der Waals surface area contributed by atoms with Crippen molar-refractivity contribution in [1.82, 2.24) is 4.90 Å². The Morgan fingerprint density at radius 3 is 3.00 bits per heavy atom. The molecule has 19 heavy (non-hydrogen) atoms. The molecule has 1 aromatic carbocycles. The number of nitrogens with zero attached hydrogens (tertiary/aromatic N) is 2. The van der Waals surface area contributed by atoms with Gasteiger partial charge in [-0.25, -0.2) is 0 Å². The number of aryl methyl sites for hydroxylation is 1. The average Bonchev–Trinajstić information content (AvgIpc) is 2.96. The van der Waals surface area contributed by atoms with Gasteiger partial charge in [0.15, 0.2) is 0 Å². The van der Waals surface area contributed by atoms with Crippen LogP contribution in [0.15, 0.2) is 18.2 Å². The summed E-state index contributed by atoms with van der Waals surface area (Å²) < 4.78 is 0. The summed E-state index contributed by atoms with van der Waals surface area (Å²) in [6.45, 7) is 4.13. The van der Waals surface area contributed by atoms with Crippen LogP contribution in [-0.2, 0) is 0 Å². The minimum absolute atomic E-state index is 0.200. The molecule has 3 rings (SSSR count). The molecule has 1 N–H and O–H groups in total. The van der Waals surface area contributed by atoms with E-state index in [0.29, 0.717) is 17.6 Å². The lowest BCUT2D eigenvalue weighted by molar-refractivity contribution is -0.385. The van der Waals surface area contributed by atoms with Crippen molar-refractivity contribution in [2.75, 3.05) is 18.4 Å². The third-order valence-electron chi connectivity index (χ3n) is 4.36. The summed E-state index contributed by atoms with van der Waals surface area (Å²) in [4.78, 5) is 13.2. The molecule has 2 atom stereocenters. The fourth-order valence-corrected chi connectivity index (χ4v) is 3.36. The van der Waals surface area contributed by atoms with Gasteiger partial charge in [-0.15, -0.1) is 0 Å². The monoisotopic (exact) mass is 261 g/mol. The standard InChI is InChI=1S/C14H19N3O2/c1-10-4-5-11(9-14(10)17(18)19)15-12-6-8-16-7-2-3-13(12)16/h4-5,9,12-13,15H,2-3,6-8H2,1H3. The van der Waals surface area contributed by atoms with Crippen LogP contribution in [0.4, 0.5) is 11.4 Å². The highest BCUT2D eigenvalue weighted by molar-refractivity contribution is 5.55. The predicted octanol–water partition coefficient (Wildman–Crippen LogP) is 2.55. The van der Waals surface area contributed by atoms with Crippen LogP contribution in [0, 0.1) is 17.0 Å². The van der Waals surface area contributed by atoms with Crippen LogP contribution in [0.25, 0.3) is 0 Å². The summed E-state index contributed by atoms with van der Waals surface area (Å²) in [6, 6.07) is 6.47. The third kappa shape index (κ3) is 2.30. The van der Waals surface area contributed by atoms with Gasteiger partial charge in [-0.2, -0.15) is 0 Å². The zero-order chi connectivity index (χ0) is 13.4. The Morgan fingerprint density at radius 2 is 2.21 bits per heavy atom. The maximum atomic E-state index is 11.0. The highest BCUT2D eigenvalue weighted by atomic mass is 16.6. The highest BCUT2D eigenvalue weighted by Gasteiger charge is 2.37. The molecule has 2 saturated heterocycles. The van der Waals surface area contributed by atoms with Crippen molar-refractivity contribution in [3.63, 3.8) is 0 Å². The summed E-state index contributed by atoms with van der Waals surface area (Å²) in [5.41, 5.74) is 1.78. The Kier molecular flexibility index (Phi) is 3.14. The molecule has 2 unspecified atom stereocenters. The molecule has 0 spiro atoms. The van der Waals surface area contributed by atoms with Crippen LogP contribution in [0.2, 0.25) is 0 Å². The van der Waals surface area contributed by atoms with E-state index in [4.69, 9.17) is 0 Å². The van der Waals surface area contributed by atoms with Crippen LogP contribution in [-0.4, -0.2) is 35.0 Å². The van der Waals surface area contributed by atoms with Crippen molar-refractivity contribution >= 4 is 11.4 Å². The predicted molar refractivity (Wildman–Crippen MR) is 74.5 cm³/mol. The number of nitrogens with one attached hydrogen (secondary N) is 1. The van der Waals surface area contributed by atoms with Crippen LogP contribution < -0.4 is 5.32 Å². The van der Waals surface area contributed by atoms with Crippen molar-refractivity contribution < 1.29 is 4.92 Å². The number of benzene rings is 1. The molecule has 0 aliphatic carbocycles. The van der Waals surface area contributed by atoms with E-state index in [0.717, 1.165) is 18.7 Å². The van der Waals surface area contributed by atoms with Crippen molar-refractivity contribution in [3.8, 4) is 0 Å². The van der Waals surface area contributed by atoms with Gasteiger partial charge in [-0.3, -0.25) is 15.0 Å². The second-order valence-corrected chi connectivity index (χ2v) is 5.54. The number of nitro benzene ring substituents is 1. The van der Waals surface area contributed by atoms with E-state index in [9.17, 15) is 10.1 Å². The van der Waals surface area contributed by atoms with Crippen molar-refractivity contribution in [1.29, 1.82) is 0 Å². The smallest absolute Gasteiger partial charge is 0.274 e. The number of hydrogen-bond acceptors (Lipinski definition) is 4. The highest BCUT2D eigenvalue weighted by Crippen LogP contribution is 2.31. The maximum Gasteiger partial charge on any atom is 0.274 e. The first kappa shape index (κ1) is 12.4. The lowest BCUT2D eigenvalue weighted by Crippen LogP contribution is -2.33. The summed E-state index contributed by atoms with van der Waals surface area (Å²) in [5, 5.41) is 14.5. The van der Waals surface area contributed by atoms with Crippen molar-refractivity contribution in [2.45, 2.75) is 38.3 Å². The molecule has 1 aromatic rings. The van der Waals surface area contributed by atoms with Gasteiger partial charge in [-0.05, 0) is 38.8 Å². The van der Waals surface area contributed by atoms with E-state index < -0.39 is 0 Å². The van der Waals surface area contributed by atoms with E-state index in [-0.39, 0.29) is 10.6 Å². The largest absolute Gasteiger partial charge is 0.380 e. The van der Waals surface area contributed by atoms with Crippen molar-refractivity contribution in [3.05, 3.63) is 33.9 Å². The number of anilines is 1. The molecule has 102 valence electrons. The third-order valence-corrected chi connectivity index (χ3v) is 4.36. The maximum absolute atomic E-state index is 11.0. The molecule has 5 heteroatoms. The van der Waals surface area contributed by atoms with E-state index in [2.05, 4.69) is 10.2 Å². The molecule has 2 heterocycles. The molecule has 0 saturated carbocycles. The lowest BCUT2D eigenvalue weighted by Gasteiger charge is -2.22. The second-order valence-electron chi connectivity index (χ2n) is 5.54. The molecule has 0 amide bonds. The Balaban J connectivity index is 1.76. The summed E-state index contributed by atoms with van der Waals surface area (Å²) >= 11 is 0. The second kappa shape index (κ2) is 4.81.